The molecule has 5 nitrogen and oxygen atoms in total. The van der Waals surface area contributed by atoms with Crippen LogP contribution in [0.2, 0.25) is 0 Å². The third-order valence-electron chi connectivity index (χ3n) is 7.61. The maximum atomic E-state index is 13.5. The van der Waals surface area contributed by atoms with Crippen LogP contribution in [0, 0.1) is 17.3 Å². The van der Waals surface area contributed by atoms with Gasteiger partial charge < -0.3 is 4.90 Å². The van der Waals surface area contributed by atoms with E-state index in [2.05, 4.69) is 35.4 Å². The van der Waals surface area contributed by atoms with Crippen molar-refractivity contribution in [2.75, 3.05) is 13.1 Å². The Morgan fingerprint density at radius 1 is 1.21 bits per heavy atom. The van der Waals surface area contributed by atoms with Crippen LogP contribution in [-0.4, -0.2) is 44.8 Å². The lowest BCUT2D eigenvalue weighted by molar-refractivity contribution is -0.121. The van der Waals surface area contributed by atoms with E-state index in [1.54, 1.807) is 30.6 Å². The lowest BCUT2D eigenvalue weighted by Crippen LogP contribution is -2.47. The minimum absolute atomic E-state index is 0.0246. The van der Waals surface area contributed by atoms with E-state index in [4.69, 9.17) is 0 Å². The van der Waals surface area contributed by atoms with Crippen molar-refractivity contribution >= 4 is 5.91 Å². The Morgan fingerprint density at radius 2 is 1.94 bits per heavy atom. The first-order chi connectivity index (χ1) is 15.7. The number of carbonyl (C=O) groups excluding carboxylic acids is 1. The van der Waals surface area contributed by atoms with Gasteiger partial charge in [-0.3, -0.25) is 9.78 Å². The molecule has 1 saturated heterocycles. The zero-order valence-electron chi connectivity index (χ0n) is 19.4. The number of rotatable bonds is 7. The quantitative estimate of drug-likeness (QED) is 0.496. The smallest absolute Gasteiger partial charge is 0.256 e. The van der Waals surface area contributed by atoms with Gasteiger partial charge in [-0.2, -0.15) is 0 Å². The van der Waals surface area contributed by atoms with Crippen LogP contribution in [0.15, 0.2) is 49.1 Å². The fraction of sp³-hybridized carbons (Fsp3) is 0.538. The van der Waals surface area contributed by atoms with Crippen molar-refractivity contribution in [3.8, 4) is 11.4 Å². The monoisotopic (exact) mass is 454 g/mol. The number of amides is 1. The number of halogens is 2. The predicted molar refractivity (Wildman–Crippen MR) is 124 cm³/mol. The summed E-state index contributed by atoms with van der Waals surface area (Å²) in [5.41, 5.74) is 2.65. The molecule has 1 atom stereocenters. The van der Waals surface area contributed by atoms with E-state index in [-0.39, 0.29) is 30.1 Å². The molecular formula is C26H32F2N4O. The number of allylic oxidation sites excluding steroid dienone is 1. The van der Waals surface area contributed by atoms with Crippen LogP contribution in [0.5, 0.6) is 0 Å². The highest BCUT2D eigenvalue weighted by atomic mass is 19.3. The Morgan fingerprint density at radius 3 is 2.55 bits per heavy atom. The molecule has 0 spiro atoms. The maximum Gasteiger partial charge on any atom is 0.256 e. The molecular weight excluding hydrogens is 422 g/mol. The molecule has 1 saturated carbocycles. The van der Waals surface area contributed by atoms with E-state index in [1.807, 2.05) is 4.90 Å². The number of pyridine rings is 1. The van der Waals surface area contributed by atoms with Crippen LogP contribution in [0.25, 0.3) is 11.4 Å². The summed E-state index contributed by atoms with van der Waals surface area (Å²) in [6.45, 7) is 9.90. The molecule has 2 aromatic heterocycles. The van der Waals surface area contributed by atoms with Crippen LogP contribution in [0.4, 0.5) is 8.78 Å². The van der Waals surface area contributed by atoms with E-state index in [1.165, 1.54) is 6.33 Å². The number of alkyl halides is 2. The molecule has 7 heteroatoms. The second-order valence-electron chi connectivity index (χ2n) is 9.74. The zero-order valence-corrected chi connectivity index (χ0v) is 19.4. The van der Waals surface area contributed by atoms with Crippen molar-refractivity contribution in [2.24, 2.45) is 17.3 Å². The van der Waals surface area contributed by atoms with E-state index in [0.29, 0.717) is 36.0 Å². The third kappa shape index (κ3) is 4.82. The van der Waals surface area contributed by atoms with Gasteiger partial charge in [-0.1, -0.05) is 26.0 Å². The van der Waals surface area contributed by atoms with Crippen LogP contribution < -0.4 is 0 Å². The largest absolute Gasteiger partial charge is 0.339 e. The molecule has 2 fully saturated rings. The van der Waals surface area contributed by atoms with Gasteiger partial charge in [-0.15, -0.1) is 0 Å². The number of likely N-dealkylation sites (tertiary alicyclic amines) is 1. The van der Waals surface area contributed by atoms with Gasteiger partial charge in [0.25, 0.3) is 5.91 Å². The molecule has 33 heavy (non-hydrogen) atoms. The van der Waals surface area contributed by atoms with Gasteiger partial charge >= 0.3 is 0 Å². The van der Waals surface area contributed by atoms with Gasteiger partial charge in [0.15, 0.2) is 0 Å². The molecule has 0 N–H and O–H groups in total. The van der Waals surface area contributed by atoms with Crippen LogP contribution in [0.3, 0.4) is 0 Å². The SMILES string of the molecule is C=C(C(C)CC)C1(CC2CC(F)(F)C2)CCN(C(=O)c2cccnc2-c2ccncn2)CC1. The third-order valence-corrected chi connectivity index (χ3v) is 7.61. The van der Waals surface area contributed by atoms with Crippen LogP contribution >= 0.6 is 0 Å². The molecule has 2 aromatic rings. The van der Waals surface area contributed by atoms with Crippen LogP contribution in [0.1, 0.15) is 62.7 Å². The topological polar surface area (TPSA) is 59.0 Å². The fourth-order valence-corrected chi connectivity index (χ4v) is 5.43. The van der Waals surface area contributed by atoms with E-state index in [9.17, 15) is 13.6 Å². The highest BCUT2D eigenvalue weighted by molar-refractivity contribution is 5.99. The molecule has 1 aliphatic heterocycles. The lowest BCUT2D eigenvalue weighted by atomic mass is 9.61. The van der Waals surface area contributed by atoms with Crippen LogP contribution in [-0.2, 0) is 0 Å². The maximum absolute atomic E-state index is 13.5. The second-order valence-corrected chi connectivity index (χ2v) is 9.74. The molecule has 3 heterocycles. The van der Waals surface area contributed by atoms with Crippen molar-refractivity contribution in [3.63, 3.8) is 0 Å². The summed E-state index contributed by atoms with van der Waals surface area (Å²) in [6, 6.07) is 5.28. The fourth-order valence-electron chi connectivity index (χ4n) is 5.43. The van der Waals surface area contributed by atoms with Gasteiger partial charge in [0.05, 0.1) is 11.3 Å². The summed E-state index contributed by atoms with van der Waals surface area (Å²) in [4.78, 5) is 27.9. The van der Waals surface area contributed by atoms with Gasteiger partial charge in [-0.05, 0) is 61.1 Å². The summed E-state index contributed by atoms with van der Waals surface area (Å²) in [7, 11) is 0. The zero-order chi connectivity index (χ0) is 23.6. The van der Waals surface area contributed by atoms with Crippen molar-refractivity contribution in [2.45, 2.75) is 58.3 Å². The number of carbonyl (C=O) groups is 1. The van der Waals surface area contributed by atoms with Gasteiger partial charge in [0.1, 0.15) is 12.0 Å². The molecule has 4 rings (SSSR count). The minimum atomic E-state index is -2.52. The van der Waals surface area contributed by atoms with Gasteiger partial charge in [0, 0.05) is 38.3 Å². The minimum Gasteiger partial charge on any atom is -0.339 e. The van der Waals surface area contributed by atoms with Gasteiger partial charge in [0.2, 0.25) is 5.92 Å². The number of nitrogens with zero attached hydrogens (tertiary/aromatic N) is 4. The van der Waals surface area contributed by atoms with E-state index in [0.717, 1.165) is 31.3 Å². The second kappa shape index (κ2) is 9.27. The number of hydrogen-bond donors (Lipinski definition) is 0. The molecule has 0 aromatic carbocycles. The Kier molecular flexibility index (Phi) is 6.59. The summed E-state index contributed by atoms with van der Waals surface area (Å²) >= 11 is 0. The molecule has 2 aliphatic rings. The summed E-state index contributed by atoms with van der Waals surface area (Å²) in [5.74, 6) is -2.23. The highest BCUT2D eigenvalue weighted by Crippen LogP contribution is 2.53. The van der Waals surface area contributed by atoms with Crippen molar-refractivity contribution < 1.29 is 13.6 Å². The normalized spacial score (nSPS) is 20.7. The van der Waals surface area contributed by atoms with Crippen molar-refractivity contribution in [3.05, 3.63) is 54.6 Å². The standard InChI is InChI=1S/C26H32F2N4O/c1-4-18(2)19(3)25(14-20-15-26(27,28)16-20)8-12-32(13-9-25)24(33)21-6-5-10-30-23(21)22-7-11-29-17-31-22/h5-7,10-11,17-18,20H,3-4,8-9,12-16H2,1-2H3. The van der Waals surface area contributed by atoms with Crippen molar-refractivity contribution in [1.82, 2.24) is 19.9 Å². The highest BCUT2D eigenvalue weighted by Gasteiger charge is 2.50. The predicted octanol–water partition coefficient (Wildman–Crippen LogP) is 5.80. The Balaban J connectivity index is 1.51. The first-order valence-corrected chi connectivity index (χ1v) is 11.8. The molecule has 1 unspecified atom stereocenters. The first kappa shape index (κ1) is 23.5. The Labute approximate surface area is 194 Å². The molecule has 176 valence electrons. The van der Waals surface area contributed by atoms with E-state index >= 15 is 0 Å². The average Bonchev–Trinajstić information content (AvgIpc) is 2.82. The summed E-state index contributed by atoms with van der Waals surface area (Å²) in [6.07, 6.45) is 7.91. The van der Waals surface area contributed by atoms with E-state index < -0.39 is 5.92 Å². The summed E-state index contributed by atoms with van der Waals surface area (Å²) in [5, 5.41) is 0. The molecule has 0 radical (unpaired) electrons. The lowest BCUT2D eigenvalue weighted by Gasteiger charge is -2.49. The summed E-state index contributed by atoms with van der Waals surface area (Å²) < 4.78 is 27.1. The number of aromatic nitrogens is 3. The van der Waals surface area contributed by atoms with Crippen molar-refractivity contribution in [1.29, 1.82) is 0 Å². The average molecular weight is 455 g/mol. The number of piperidine rings is 1. The van der Waals surface area contributed by atoms with Gasteiger partial charge in [-0.25, -0.2) is 18.7 Å². The molecule has 0 bridgehead atoms. The first-order valence-electron chi connectivity index (χ1n) is 11.8. The molecule has 1 aliphatic carbocycles. The number of hydrogen-bond acceptors (Lipinski definition) is 4. The Hall–Kier alpha value is -2.70. The Bertz CT molecular complexity index is 994. The molecule has 1 amide bonds.